The summed E-state index contributed by atoms with van der Waals surface area (Å²) in [5.41, 5.74) is 0.978. The van der Waals surface area contributed by atoms with Crippen LogP contribution in [-0.4, -0.2) is 14.8 Å². The van der Waals surface area contributed by atoms with Gasteiger partial charge in [-0.2, -0.15) is 5.10 Å². The molecule has 0 amide bonds. The lowest BCUT2D eigenvalue weighted by Crippen LogP contribution is -2.32. The first-order chi connectivity index (χ1) is 9.88. The van der Waals surface area contributed by atoms with Gasteiger partial charge in [0, 0.05) is 19.0 Å². The van der Waals surface area contributed by atoms with E-state index in [9.17, 15) is 22.0 Å². The van der Waals surface area contributed by atoms with Crippen molar-refractivity contribution in [3.8, 4) is 0 Å². The van der Waals surface area contributed by atoms with E-state index >= 15 is 0 Å². The van der Waals surface area contributed by atoms with E-state index in [1.807, 2.05) is 5.43 Å². The van der Waals surface area contributed by atoms with Gasteiger partial charge in [0.25, 0.3) is 0 Å². The fraction of sp³-hybridized carbons (Fsp3) is 0.273. The third-order valence-corrected chi connectivity index (χ3v) is 2.99. The van der Waals surface area contributed by atoms with Crippen molar-refractivity contribution in [3.05, 3.63) is 46.8 Å². The van der Waals surface area contributed by atoms with E-state index in [0.717, 1.165) is 0 Å². The molecule has 0 aliphatic carbocycles. The Kier molecular flexibility index (Phi) is 4.19. The van der Waals surface area contributed by atoms with Gasteiger partial charge in [-0.1, -0.05) is 0 Å². The SMILES string of the molecule is Cn1ncnc1CC(NN)c1c(F)c(F)c(F)c(F)c1F. The Hall–Kier alpha value is -2.07. The van der Waals surface area contributed by atoms with Crippen molar-refractivity contribution in [2.24, 2.45) is 12.9 Å². The number of hydrazine groups is 1. The second-order valence-electron chi connectivity index (χ2n) is 4.21. The molecule has 3 N–H and O–H groups in total. The molecule has 2 aromatic rings. The monoisotopic (exact) mass is 307 g/mol. The van der Waals surface area contributed by atoms with Gasteiger partial charge in [-0.25, -0.2) is 26.9 Å². The molecule has 0 spiro atoms. The van der Waals surface area contributed by atoms with E-state index in [0.29, 0.717) is 0 Å². The molecule has 21 heavy (non-hydrogen) atoms. The maximum Gasteiger partial charge on any atom is 0.200 e. The summed E-state index contributed by atoms with van der Waals surface area (Å²) in [4.78, 5) is 3.80. The minimum absolute atomic E-state index is 0.217. The van der Waals surface area contributed by atoms with Crippen LogP contribution in [0.15, 0.2) is 6.33 Å². The van der Waals surface area contributed by atoms with Crippen molar-refractivity contribution >= 4 is 0 Å². The summed E-state index contributed by atoms with van der Waals surface area (Å²) in [5.74, 6) is -4.72. The zero-order valence-corrected chi connectivity index (χ0v) is 10.7. The van der Waals surface area contributed by atoms with Crippen molar-refractivity contribution in [2.45, 2.75) is 12.5 Å². The molecular formula is C11H10F5N5. The lowest BCUT2D eigenvalue weighted by molar-refractivity contribution is 0.354. The maximum absolute atomic E-state index is 13.7. The molecule has 1 aromatic heterocycles. The van der Waals surface area contributed by atoms with Gasteiger partial charge in [0.2, 0.25) is 5.82 Å². The number of aromatic nitrogens is 3. The summed E-state index contributed by atoms with van der Waals surface area (Å²) in [6.07, 6.45) is 0.965. The molecule has 2 rings (SSSR count). The van der Waals surface area contributed by atoms with Crippen molar-refractivity contribution in [1.82, 2.24) is 20.2 Å². The van der Waals surface area contributed by atoms with Gasteiger partial charge < -0.3 is 0 Å². The van der Waals surface area contributed by atoms with Gasteiger partial charge in [-0.15, -0.1) is 0 Å². The van der Waals surface area contributed by atoms with Crippen LogP contribution in [0.5, 0.6) is 0 Å². The summed E-state index contributed by atoms with van der Waals surface area (Å²) in [6, 6.07) is -1.36. The molecule has 0 saturated heterocycles. The van der Waals surface area contributed by atoms with E-state index in [1.54, 1.807) is 0 Å². The molecule has 1 aromatic carbocycles. The molecule has 1 heterocycles. The number of hydrogen-bond acceptors (Lipinski definition) is 4. The molecule has 0 fully saturated rings. The lowest BCUT2D eigenvalue weighted by Gasteiger charge is -2.18. The van der Waals surface area contributed by atoms with Crippen LogP contribution < -0.4 is 11.3 Å². The van der Waals surface area contributed by atoms with Crippen molar-refractivity contribution in [3.63, 3.8) is 0 Å². The molecule has 0 saturated carbocycles. The highest BCUT2D eigenvalue weighted by atomic mass is 19.2. The normalized spacial score (nSPS) is 12.7. The average Bonchev–Trinajstić information content (AvgIpc) is 2.87. The summed E-state index contributed by atoms with van der Waals surface area (Å²) >= 11 is 0. The standard InChI is InChI=1S/C11H10F5N5/c1-21-5(18-3-19-21)2-4(20-17)6-7(12)9(14)11(16)10(15)8(6)13/h3-4,20H,2,17H2,1H3. The first-order valence-electron chi connectivity index (χ1n) is 5.68. The topological polar surface area (TPSA) is 68.8 Å². The smallest absolute Gasteiger partial charge is 0.200 e. The number of rotatable bonds is 4. The van der Waals surface area contributed by atoms with Gasteiger partial charge >= 0.3 is 0 Å². The Balaban J connectivity index is 2.50. The van der Waals surface area contributed by atoms with E-state index < -0.39 is 40.7 Å². The summed E-state index contributed by atoms with van der Waals surface area (Å²) in [5, 5.41) is 3.73. The first kappa shape index (κ1) is 15.3. The van der Waals surface area contributed by atoms with Crippen LogP contribution >= 0.6 is 0 Å². The molecule has 0 radical (unpaired) electrons. The third-order valence-electron chi connectivity index (χ3n) is 2.99. The highest BCUT2D eigenvalue weighted by molar-refractivity contribution is 5.27. The number of nitrogens with two attached hydrogens (primary N) is 1. The van der Waals surface area contributed by atoms with Crippen molar-refractivity contribution in [2.75, 3.05) is 0 Å². The van der Waals surface area contributed by atoms with Gasteiger partial charge in [0.05, 0.1) is 6.04 Å². The van der Waals surface area contributed by atoms with Crippen LogP contribution in [-0.2, 0) is 13.5 Å². The van der Waals surface area contributed by atoms with E-state index in [1.165, 1.54) is 18.1 Å². The van der Waals surface area contributed by atoms with Crippen LogP contribution in [0.4, 0.5) is 22.0 Å². The highest BCUT2D eigenvalue weighted by Gasteiger charge is 2.30. The summed E-state index contributed by atoms with van der Waals surface area (Å²) in [7, 11) is 1.51. The molecule has 0 bridgehead atoms. The minimum Gasteiger partial charge on any atom is -0.271 e. The zero-order chi connectivity index (χ0) is 15.7. The number of benzene rings is 1. The first-order valence-corrected chi connectivity index (χ1v) is 5.68. The molecule has 1 unspecified atom stereocenters. The number of hydrogen-bond donors (Lipinski definition) is 2. The van der Waals surface area contributed by atoms with Gasteiger partial charge in [-0.3, -0.25) is 16.0 Å². The number of nitrogens with one attached hydrogen (secondary N) is 1. The maximum atomic E-state index is 13.7. The number of aryl methyl sites for hydroxylation is 1. The second kappa shape index (κ2) is 5.74. The molecule has 114 valence electrons. The molecular weight excluding hydrogens is 297 g/mol. The highest BCUT2D eigenvalue weighted by Crippen LogP contribution is 2.28. The van der Waals surface area contributed by atoms with Gasteiger partial charge in [0.1, 0.15) is 12.2 Å². The van der Waals surface area contributed by atoms with Crippen molar-refractivity contribution < 1.29 is 22.0 Å². The van der Waals surface area contributed by atoms with Crippen LogP contribution in [0.2, 0.25) is 0 Å². The van der Waals surface area contributed by atoms with Crippen LogP contribution in [0.25, 0.3) is 0 Å². The fourth-order valence-electron chi connectivity index (χ4n) is 1.86. The predicted octanol–water partition coefficient (Wildman–Crippen LogP) is 1.26. The van der Waals surface area contributed by atoms with Gasteiger partial charge in [0.15, 0.2) is 23.3 Å². The zero-order valence-electron chi connectivity index (χ0n) is 10.7. The van der Waals surface area contributed by atoms with Crippen LogP contribution in [0, 0.1) is 29.1 Å². The largest absolute Gasteiger partial charge is 0.271 e. The van der Waals surface area contributed by atoms with E-state index in [2.05, 4.69) is 10.1 Å². The summed E-state index contributed by atoms with van der Waals surface area (Å²) < 4.78 is 68.1. The van der Waals surface area contributed by atoms with Gasteiger partial charge in [-0.05, 0) is 0 Å². The third kappa shape index (κ3) is 2.59. The quantitative estimate of drug-likeness (QED) is 0.293. The number of halogens is 5. The van der Waals surface area contributed by atoms with Crippen molar-refractivity contribution in [1.29, 1.82) is 0 Å². The Bertz CT molecular complexity index is 642. The lowest BCUT2D eigenvalue weighted by atomic mass is 10.0. The van der Waals surface area contributed by atoms with Crippen LogP contribution in [0.1, 0.15) is 17.4 Å². The Morgan fingerprint density at radius 3 is 2.05 bits per heavy atom. The van der Waals surface area contributed by atoms with Crippen LogP contribution in [0.3, 0.4) is 0 Å². The Labute approximate surface area is 115 Å². The predicted molar refractivity (Wildman–Crippen MR) is 61.0 cm³/mol. The number of nitrogens with zero attached hydrogens (tertiary/aromatic N) is 3. The minimum atomic E-state index is -2.22. The Morgan fingerprint density at radius 1 is 1.10 bits per heavy atom. The summed E-state index contributed by atoms with van der Waals surface area (Å²) in [6.45, 7) is 0. The molecule has 5 nitrogen and oxygen atoms in total. The molecule has 0 aliphatic rings. The van der Waals surface area contributed by atoms with E-state index in [-0.39, 0.29) is 12.2 Å². The molecule has 1 atom stereocenters. The van der Waals surface area contributed by atoms with E-state index in [4.69, 9.17) is 5.84 Å². The Morgan fingerprint density at radius 2 is 1.62 bits per heavy atom. The average molecular weight is 307 g/mol. The fourth-order valence-corrected chi connectivity index (χ4v) is 1.86. The molecule has 10 heteroatoms. The second-order valence-corrected chi connectivity index (χ2v) is 4.21. The molecule has 0 aliphatic heterocycles.